The van der Waals surface area contributed by atoms with Crippen molar-refractivity contribution >= 4 is 51.3 Å². The number of hydrogen-bond donors (Lipinski definition) is 1. The number of amides is 1. The minimum Gasteiger partial charge on any atom is -0.468 e. The molecule has 1 fully saturated rings. The number of nitrogens with zero attached hydrogens (tertiary/aromatic N) is 4. The van der Waals surface area contributed by atoms with E-state index in [1.54, 1.807) is 26.3 Å². The number of anilines is 1. The van der Waals surface area contributed by atoms with Crippen molar-refractivity contribution in [3.63, 3.8) is 0 Å². The average Bonchev–Trinajstić information content (AvgIpc) is 3.06. The van der Waals surface area contributed by atoms with Crippen LogP contribution in [0.1, 0.15) is 71.4 Å². The lowest BCUT2D eigenvalue weighted by Gasteiger charge is -2.42. The van der Waals surface area contributed by atoms with Crippen LogP contribution in [0.2, 0.25) is 0 Å². The summed E-state index contributed by atoms with van der Waals surface area (Å²) >= 11 is 1.44. The summed E-state index contributed by atoms with van der Waals surface area (Å²) < 4.78 is 37.4. The Hall–Kier alpha value is -4.23. The summed E-state index contributed by atoms with van der Waals surface area (Å²) in [4.78, 5) is 42.0. The van der Waals surface area contributed by atoms with E-state index in [-0.39, 0.29) is 25.0 Å². The van der Waals surface area contributed by atoms with E-state index in [9.17, 15) is 9.59 Å². The molecule has 2 aromatic heterocycles. The summed E-state index contributed by atoms with van der Waals surface area (Å²) in [6, 6.07) is 6.88. The second-order valence-corrected chi connectivity index (χ2v) is 14.8. The van der Waals surface area contributed by atoms with E-state index >= 15 is 4.39 Å². The normalized spacial score (nSPS) is 16.4. The lowest BCUT2D eigenvalue weighted by Crippen LogP contribution is -2.57. The summed E-state index contributed by atoms with van der Waals surface area (Å²) in [7, 11) is 1.55. The molecule has 0 spiro atoms. The van der Waals surface area contributed by atoms with E-state index in [4.69, 9.17) is 33.9 Å². The van der Waals surface area contributed by atoms with Gasteiger partial charge in [-0.25, -0.2) is 19.2 Å². The molecule has 1 atom stereocenters. The summed E-state index contributed by atoms with van der Waals surface area (Å²) in [5.41, 5.74) is 2.16. The zero-order valence-corrected chi connectivity index (χ0v) is 31.6. The number of carbonyl (C=O) groups is 2. The minimum absolute atomic E-state index is 0.0356. The highest BCUT2D eigenvalue weighted by Crippen LogP contribution is 2.40. The number of halogens is 1. The third kappa shape index (κ3) is 8.99. The largest absolute Gasteiger partial charge is 0.468 e. The van der Waals surface area contributed by atoms with Crippen molar-refractivity contribution in [2.24, 2.45) is 0 Å². The van der Waals surface area contributed by atoms with Gasteiger partial charge in [-0.1, -0.05) is 17.8 Å². The van der Waals surface area contributed by atoms with Gasteiger partial charge in [0.25, 0.3) is 0 Å². The van der Waals surface area contributed by atoms with Crippen LogP contribution in [-0.2, 0) is 25.4 Å². The number of esters is 1. The van der Waals surface area contributed by atoms with Gasteiger partial charge in [0, 0.05) is 43.9 Å². The van der Waals surface area contributed by atoms with Crippen molar-refractivity contribution in [1.29, 1.82) is 0 Å². The third-order valence-electron chi connectivity index (χ3n) is 8.77. The van der Waals surface area contributed by atoms with Crippen LogP contribution in [0, 0.1) is 12.7 Å². The SMILES string of the molecule is CCOC(=O)CCCc1c(F)ccc2cc(OCOC)cc(-c3ncc4c(N5CCC[C@@](C)(NC(=O)OC(C)(C)C)C5)nc(SC)nc4c3C)c12. The first-order valence-corrected chi connectivity index (χ1v) is 18.5. The van der Waals surface area contributed by atoms with Gasteiger partial charge >= 0.3 is 12.1 Å². The second kappa shape index (κ2) is 16.0. The molecule has 0 bridgehead atoms. The molecule has 0 saturated carbocycles. The Bertz CT molecular complexity index is 1920. The van der Waals surface area contributed by atoms with Crippen LogP contribution in [0.25, 0.3) is 32.9 Å². The first-order chi connectivity index (χ1) is 24.3. The number of fused-ring (bicyclic) bond motifs is 2. The number of alkyl carbamates (subject to hydrolysis) is 1. The van der Waals surface area contributed by atoms with Crippen LogP contribution in [0.3, 0.4) is 0 Å². The van der Waals surface area contributed by atoms with Crippen LogP contribution < -0.4 is 15.0 Å². The van der Waals surface area contributed by atoms with Crippen molar-refractivity contribution in [1.82, 2.24) is 20.3 Å². The molecule has 1 aliphatic rings. The Balaban J connectivity index is 1.61. The smallest absolute Gasteiger partial charge is 0.408 e. The third-order valence-corrected chi connectivity index (χ3v) is 9.32. The number of nitrogens with one attached hydrogen (secondary N) is 1. The average molecular weight is 722 g/mol. The maximum Gasteiger partial charge on any atom is 0.408 e. The van der Waals surface area contributed by atoms with E-state index in [0.29, 0.717) is 59.1 Å². The van der Waals surface area contributed by atoms with E-state index in [0.717, 1.165) is 47.1 Å². The summed E-state index contributed by atoms with van der Waals surface area (Å²) in [6.45, 7) is 12.9. The summed E-state index contributed by atoms with van der Waals surface area (Å²) in [5.74, 6) is 0.605. The topological polar surface area (TPSA) is 125 Å². The standard InChI is InChI=1S/C38H48FN5O6S/c1-9-48-30(45)13-10-12-26-29(39)15-14-24-18-25(49-22-47-7)19-27(31(24)26)32-23(2)33-28(20-40-32)34(42-35(41-33)51-8)44-17-11-16-38(6,21-44)43-36(46)50-37(3,4)5/h14-15,18-20H,9-13,16-17,21-22H2,1-8H3,(H,43,46)/t38-/m1/s1. The molecular formula is C38H48FN5O6S. The fraction of sp³-hybridized carbons (Fsp3) is 0.500. The molecule has 1 saturated heterocycles. The molecule has 1 N–H and O–H groups in total. The molecule has 0 radical (unpaired) electrons. The van der Waals surface area contributed by atoms with Crippen LogP contribution in [-0.4, -0.2) is 78.0 Å². The summed E-state index contributed by atoms with van der Waals surface area (Å²) in [6.07, 6.45) is 5.81. The first kappa shape index (κ1) is 38.0. The van der Waals surface area contributed by atoms with E-state index in [1.807, 2.05) is 53.0 Å². The Morgan fingerprint density at radius 2 is 1.96 bits per heavy atom. The molecule has 5 rings (SSSR count). The van der Waals surface area contributed by atoms with Gasteiger partial charge in [0.1, 0.15) is 23.0 Å². The van der Waals surface area contributed by atoms with Gasteiger partial charge in [-0.05, 0) is 108 Å². The fourth-order valence-electron chi connectivity index (χ4n) is 6.63. The van der Waals surface area contributed by atoms with E-state index < -0.39 is 17.2 Å². The van der Waals surface area contributed by atoms with Gasteiger partial charge in [0.05, 0.1) is 28.7 Å². The number of aromatic nitrogens is 3. The first-order valence-electron chi connectivity index (χ1n) is 17.3. The number of pyridine rings is 1. The predicted molar refractivity (Wildman–Crippen MR) is 198 cm³/mol. The number of benzene rings is 2. The van der Waals surface area contributed by atoms with Crippen molar-refractivity contribution in [2.45, 2.75) is 89.9 Å². The molecule has 0 unspecified atom stereocenters. The van der Waals surface area contributed by atoms with Crippen molar-refractivity contribution < 1.29 is 32.9 Å². The molecule has 3 heterocycles. The van der Waals surface area contributed by atoms with Crippen LogP contribution in [0.5, 0.6) is 5.75 Å². The zero-order chi connectivity index (χ0) is 36.9. The Kier molecular flexibility index (Phi) is 11.9. The quantitative estimate of drug-likeness (QED) is 0.0668. The number of carbonyl (C=O) groups excluding carboxylic acids is 2. The van der Waals surface area contributed by atoms with Gasteiger partial charge < -0.3 is 29.2 Å². The molecule has 4 aromatic rings. The number of aryl methyl sites for hydroxylation is 2. The fourth-order valence-corrected chi connectivity index (χ4v) is 6.99. The molecule has 1 amide bonds. The number of piperidine rings is 1. The van der Waals surface area contributed by atoms with Crippen molar-refractivity contribution in [2.75, 3.05) is 44.8 Å². The van der Waals surface area contributed by atoms with E-state index in [1.165, 1.54) is 17.8 Å². The van der Waals surface area contributed by atoms with E-state index in [2.05, 4.69) is 10.2 Å². The molecule has 13 heteroatoms. The molecule has 1 aliphatic heterocycles. The molecule has 51 heavy (non-hydrogen) atoms. The molecule has 2 aromatic carbocycles. The van der Waals surface area contributed by atoms with Gasteiger partial charge in [0.15, 0.2) is 11.9 Å². The van der Waals surface area contributed by atoms with Crippen LogP contribution in [0.4, 0.5) is 15.0 Å². The number of methoxy groups -OCH3 is 1. The number of thioether (sulfide) groups is 1. The highest BCUT2D eigenvalue weighted by Gasteiger charge is 2.35. The van der Waals surface area contributed by atoms with Gasteiger partial charge in [-0.2, -0.15) is 0 Å². The number of ether oxygens (including phenoxy) is 4. The molecule has 274 valence electrons. The lowest BCUT2D eigenvalue weighted by atomic mass is 9.90. The van der Waals surface area contributed by atoms with Gasteiger partial charge in [-0.3, -0.25) is 9.78 Å². The van der Waals surface area contributed by atoms with Gasteiger partial charge in [-0.15, -0.1) is 0 Å². The lowest BCUT2D eigenvalue weighted by molar-refractivity contribution is -0.143. The molecule has 11 nitrogen and oxygen atoms in total. The maximum absolute atomic E-state index is 15.7. The number of hydrogen-bond acceptors (Lipinski definition) is 11. The van der Waals surface area contributed by atoms with Crippen molar-refractivity contribution in [3.05, 3.63) is 47.4 Å². The molecular weight excluding hydrogens is 674 g/mol. The maximum atomic E-state index is 15.7. The Morgan fingerprint density at radius 3 is 2.67 bits per heavy atom. The van der Waals surface area contributed by atoms with Gasteiger partial charge in [0.2, 0.25) is 0 Å². The molecule has 0 aliphatic carbocycles. The Morgan fingerprint density at radius 1 is 1.18 bits per heavy atom. The Labute approximate surface area is 303 Å². The highest BCUT2D eigenvalue weighted by molar-refractivity contribution is 7.98. The van der Waals surface area contributed by atoms with Crippen LogP contribution >= 0.6 is 11.8 Å². The predicted octanol–water partition coefficient (Wildman–Crippen LogP) is 7.77. The monoisotopic (exact) mass is 721 g/mol. The van der Waals surface area contributed by atoms with Crippen molar-refractivity contribution in [3.8, 4) is 17.0 Å². The highest BCUT2D eigenvalue weighted by atomic mass is 32.2. The summed E-state index contributed by atoms with van der Waals surface area (Å²) in [5, 5.41) is 5.93. The van der Waals surface area contributed by atoms with Crippen LogP contribution in [0.15, 0.2) is 35.6 Å². The second-order valence-electron chi connectivity index (χ2n) is 14.0. The minimum atomic E-state index is -0.609. The number of rotatable bonds is 12. The zero-order valence-electron chi connectivity index (χ0n) is 30.8.